The number of carbonyl (C=O) groups excluding carboxylic acids is 2. The molecule has 0 atom stereocenters. The van der Waals surface area contributed by atoms with E-state index in [1.54, 1.807) is 24.5 Å². The fraction of sp³-hybridized carbons (Fsp3) is 0.409. The zero-order valence-corrected chi connectivity index (χ0v) is 16.9. The summed E-state index contributed by atoms with van der Waals surface area (Å²) in [6.07, 6.45) is 6.45. The number of hydrogen-bond acceptors (Lipinski definition) is 6. The monoisotopic (exact) mass is 399 g/mol. The number of ether oxygens (including phenoxy) is 2. The summed E-state index contributed by atoms with van der Waals surface area (Å²) in [7, 11) is 1.48. The van der Waals surface area contributed by atoms with E-state index < -0.39 is 12.4 Å². The van der Waals surface area contributed by atoms with Crippen LogP contribution in [0, 0.1) is 0 Å². The summed E-state index contributed by atoms with van der Waals surface area (Å²) >= 11 is 0. The Labute approximate surface area is 171 Å². The molecule has 1 N–H and O–H groups in total. The lowest BCUT2D eigenvalue weighted by Gasteiger charge is -2.19. The first-order chi connectivity index (χ1) is 14.1. The van der Waals surface area contributed by atoms with Gasteiger partial charge in [-0.1, -0.05) is 19.8 Å². The van der Waals surface area contributed by atoms with E-state index in [-0.39, 0.29) is 22.8 Å². The molecule has 0 unspecified atom stereocenters. The molecule has 7 nitrogen and oxygen atoms in total. The van der Waals surface area contributed by atoms with Crippen LogP contribution in [0.4, 0.5) is 0 Å². The molecule has 0 bridgehead atoms. The molecule has 1 amide bonds. The molecule has 2 aromatic rings. The minimum atomic E-state index is -1.29. The van der Waals surface area contributed by atoms with Crippen molar-refractivity contribution in [3.8, 4) is 11.5 Å². The first-order valence-electron chi connectivity index (χ1n) is 9.76. The first-order valence-corrected chi connectivity index (χ1v) is 9.76. The van der Waals surface area contributed by atoms with E-state index in [2.05, 4.69) is 17.2 Å². The van der Waals surface area contributed by atoms with Gasteiger partial charge in [0.1, 0.15) is 0 Å². The van der Waals surface area contributed by atoms with Gasteiger partial charge < -0.3 is 24.7 Å². The Kier molecular flexibility index (Phi) is 8.95. The Morgan fingerprint density at radius 1 is 1.14 bits per heavy atom. The lowest BCUT2D eigenvalue weighted by molar-refractivity contribution is -0.304. The van der Waals surface area contributed by atoms with E-state index in [0.717, 1.165) is 24.8 Å². The van der Waals surface area contributed by atoms with Crippen LogP contribution < -0.4 is 19.9 Å². The third-order valence-electron chi connectivity index (χ3n) is 4.45. The number of nitrogens with one attached hydrogen (secondary N) is 1. The highest BCUT2D eigenvalue weighted by Crippen LogP contribution is 2.34. The second-order valence-corrected chi connectivity index (χ2v) is 6.59. The molecular formula is C22H27N2O5-. The standard InChI is InChI=1S/C22H28N2O5/c1-3-4-5-14-29-21-18(15-20(25)26)17(6-7-19(21)28-2)22(27)24-13-10-16-8-11-23-12-9-16/h6-9,11-12H,3-5,10,13-15H2,1-2H3,(H,24,27)(H,25,26)/p-1. The summed E-state index contributed by atoms with van der Waals surface area (Å²) in [6, 6.07) is 6.93. The zero-order valence-electron chi connectivity index (χ0n) is 16.9. The van der Waals surface area contributed by atoms with E-state index in [1.807, 2.05) is 12.1 Å². The number of aliphatic carboxylic acids is 1. The normalized spacial score (nSPS) is 10.4. The molecule has 1 aromatic carbocycles. The maximum Gasteiger partial charge on any atom is 0.251 e. The SMILES string of the molecule is CCCCCOc1c(OC)ccc(C(=O)NCCc2ccncc2)c1CC(=O)[O-]. The summed E-state index contributed by atoms with van der Waals surface area (Å²) in [5, 5.41) is 14.2. The molecule has 0 saturated carbocycles. The van der Waals surface area contributed by atoms with Gasteiger partial charge in [-0.3, -0.25) is 9.78 Å². The molecule has 2 rings (SSSR count). The highest BCUT2D eigenvalue weighted by molar-refractivity contribution is 5.97. The van der Waals surface area contributed by atoms with Gasteiger partial charge in [0.25, 0.3) is 5.91 Å². The maximum absolute atomic E-state index is 12.7. The van der Waals surface area contributed by atoms with Gasteiger partial charge in [-0.2, -0.15) is 0 Å². The van der Waals surface area contributed by atoms with Crippen LogP contribution in [0.2, 0.25) is 0 Å². The number of aromatic nitrogens is 1. The van der Waals surface area contributed by atoms with Crippen LogP contribution >= 0.6 is 0 Å². The molecule has 1 aromatic heterocycles. The van der Waals surface area contributed by atoms with Crippen molar-refractivity contribution in [1.29, 1.82) is 0 Å². The molecule has 0 spiro atoms. The van der Waals surface area contributed by atoms with E-state index >= 15 is 0 Å². The highest BCUT2D eigenvalue weighted by Gasteiger charge is 2.20. The van der Waals surface area contributed by atoms with Gasteiger partial charge in [0, 0.05) is 42.5 Å². The molecular weight excluding hydrogens is 372 g/mol. The molecule has 0 saturated heterocycles. The molecule has 0 aliphatic heterocycles. The number of methoxy groups -OCH3 is 1. The van der Waals surface area contributed by atoms with Crippen LogP contribution in [0.1, 0.15) is 47.7 Å². The number of rotatable bonds is 12. The van der Waals surface area contributed by atoms with Crippen LogP contribution in [0.15, 0.2) is 36.7 Å². The molecule has 0 fully saturated rings. The lowest BCUT2D eigenvalue weighted by atomic mass is 10.0. The molecule has 0 aliphatic carbocycles. The second-order valence-electron chi connectivity index (χ2n) is 6.59. The molecule has 0 radical (unpaired) electrons. The van der Waals surface area contributed by atoms with Crippen molar-refractivity contribution < 1.29 is 24.2 Å². The third-order valence-corrected chi connectivity index (χ3v) is 4.45. The zero-order chi connectivity index (χ0) is 21.1. The van der Waals surface area contributed by atoms with Gasteiger partial charge in [0.2, 0.25) is 0 Å². The quantitative estimate of drug-likeness (QED) is 0.547. The molecule has 1 heterocycles. The van der Waals surface area contributed by atoms with E-state index in [1.165, 1.54) is 7.11 Å². The number of hydrogen-bond donors (Lipinski definition) is 1. The van der Waals surface area contributed by atoms with Gasteiger partial charge in [0.15, 0.2) is 11.5 Å². The third kappa shape index (κ3) is 6.78. The smallest absolute Gasteiger partial charge is 0.251 e. The van der Waals surface area contributed by atoms with E-state index in [9.17, 15) is 14.7 Å². The maximum atomic E-state index is 12.7. The second kappa shape index (κ2) is 11.7. The Hall–Kier alpha value is -3.09. The van der Waals surface area contributed by atoms with Gasteiger partial charge in [-0.15, -0.1) is 0 Å². The fourth-order valence-electron chi connectivity index (χ4n) is 2.95. The summed E-state index contributed by atoms with van der Waals surface area (Å²) in [5.41, 5.74) is 1.56. The first kappa shape index (κ1) is 22.2. The van der Waals surface area contributed by atoms with Crippen molar-refractivity contribution in [3.63, 3.8) is 0 Å². The van der Waals surface area contributed by atoms with Crippen molar-refractivity contribution >= 4 is 11.9 Å². The molecule has 0 aliphatic rings. The van der Waals surface area contributed by atoms with Crippen LogP contribution in [-0.2, 0) is 17.6 Å². The van der Waals surface area contributed by atoms with Crippen LogP contribution in [0.25, 0.3) is 0 Å². The molecule has 7 heteroatoms. The lowest BCUT2D eigenvalue weighted by Crippen LogP contribution is -2.30. The number of pyridine rings is 1. The predicted octanol–water partition coefficient (Wildman–Crippen LogP) is 1.92. The highest BCUT2D eigenvalue weighted by atomic mass is 16.5. The Balaban J connectivity index is 2.19. The van der Waals surface area contributed by atoms with Gasteiger partial charge in [0.05, 0.1) is 13.7 Å². The number of benzene rings is 1. The summed E-state index contributed by atoms with van der Waals surface area (Å²) < 4.78 is 11.1. The average molecular weight is 399 g/mol. The minimum absolute atomic E-state index is 0.246. The van der Waals surface area contributed by atoms with Crippen molar-refractivity contribution in [3.05, 3.63) is 53.3 Å². The van der Waals surface area contributed by atoms with Crippen molar-refractivity contribution in [2.75, 3.05) is 20.3 Å². The largest absolute Gasteiger partial charge is 0.550 e. The van der Waals surface area contributed by atoms with Gasteiger partial charge in [-0.05, 0) is 42.7 Å². The van der Waals surface area contributed by atoms with Crippen molar-refractivity contribution in [1.82, 2.24) is 10.3 Å². The van der Waals surface area contributed by atoms with Crippen LogP contribution in [0.5, 0.6) is 11.5 Å². The van der Waals surface area contributed by atoms with Crippen molar-refractivity contribution in [2.45, 2.75) is 39.0 Å². The van der Waals surface area contributed by atoms with E-state index in [0.29, 0.717) is 25.3 Å². The number of carboxylic acid groups (broad SMARTS) is 1. The summed E-state index contributed by atoms with van der Waals surface area (Å²) in [4.78, 5) is 28.0. The Morgan fingerprint density at radius 2 is 1.90 bits per heavy atom. The average Bonchev–Trinajstić information content (AvgIpc) is 2.72. The number of amides is 1. The number of carboxylic acids is 1. The fourth-order valence-corrected chi connectivity index (χ4v) is 2.95. The van der Waals surface area contributed by atoms with Crippen molar-refractivity contribution in [2.24, 2.45) is 0 Å². The summed E-state index contributed by atoms with van der Waals surface area (Å²) in [6.45, 7) is 2.91. The number of nitrogens with zero attached hydrogens (tertiary/aromatic N) is 1. The summed E-state index contributed by atoms with van der Waals surface area (Å²) in [5.74, 6) is -0.973. The Morgan fingerprint density at radius 3 is 2.55 bits per heavy atom. The van der Waals surface area contributed by atoms with Crippen LogP contribution in [-0.4, -0.2) is 37.1 Å². The molecule has 29 heavy (non-hydrogen) atoms. The topological polar surface area (TPSA) is 101 Å². The predicted molar refractivity (Wildman–Crippen MR) is 107 cm³/mol. The number of unbranched alkanes of at least 4 members (excludes halogenated alkanes) is 2. The van der Waals surface area contributed by atoms with Gasteiger partial charge >= 0.3 is 0 Å². The Bertz CT molecular complexity index is 808. The minimum Gasteiger partial charge on any atom is -0.550 e. The van der Waals surface area contributed by atoms with Crippen LogP contribution in [0.3, 0.4) is 0 Å². The number of carbonyl (C=O) groups is 2. The van der Waals surface area contributed by atoms with E-state index in [4.69, 9.17) is 9.47 Å². The molecule has 156 valence electrons. The van der Waals surface area contributed by atoms with Gasteiger partial charge in [-0.25, -0.2) is 0 Å².